The minimum absolute atomic E-state index is 0.0256. The van der Waals surface area contributed by atoms with Crippen LogP contribution in [0.1, 0.15) is 32.3 Å². The Bertz CT molecular complexity index is 961. The van der Waals surface area contributed by atoms with E-state index in [1.807, 2.05) is 36.1 Å². The Hall–Kier alpha value is -3.02. The smallest absolute Gasteiger partial charge is 0.227 e. The van der Waals surface area contributed by atoms with Gasteiger partial charge in [0.05, 0.1) is 12.2 Å². The summed E-state index contributed by atoms with van der Waals surface area (Å²) in [6.07, 6.45) is 0.390. The van der Waals surface area contributed by atoms with Crippen molar-refractivity contribution in [2.24, 2.45) is 0 Å². The second-order valence-corrected chi connectivity index (χ2v) is 8.62. The molecule has 2 aromatic carbocycles. The monoisotopic (exact) mass is 421 g/mol. The summed E-state index contributed by atoms with van der Waals surface area (Å²) in [5, 5.41) is 0. The number of carbonyl (C=O) groups is 2. The topological polar surface area (TPSA) is 53.1 Å². The van der Waals surface area contributed by atoms with Gasteiger partial charge in [0.15, 0.2) is 0 Å². The third kappa shape index (κ3) is 4.68. The van der Waals surface area contributed by atoms with Crippen molar-refractivity contribution in [1.82, 2.24) is 4.90 Å². The van der Waals surface area contributed by atoms with Crippen LogP contribution in [-0.4, -0.2) is 55.0 Å². The molecule has 2 aromatic rings. The Labute approximate surface area is 184 Å². The van der Waals surface area contributed by atoms with Crippen molar-refractivity contribution in [1.29, 1.82) is 0 Å². The molecule has 0 unspecified atom stereocenters. The first kappa shape index (κ1) is 21.2. The normalized spacial score (nSPS) is 20.8. The number of ether oxygens (including phenoxy) is 1. The lowest BCUT2D eigenvalue weighted by molar-refractivity contribution is -0.133. The van der Waals surface area contributed by atoms with Gasteiger partial charge in [-0.1, -0.05) is 24.3 Å². The Morgan fingerprint density at radius 1 is 0.968 bits per heavy atom. The second kappa shape index (κ2) is 9.00. The highest BCUT2D eigenvalue weighted by atomic mass is 16.5. The minimum atomic E-state index is -0.0647. The van der Waals surface area contributed by atoms with Crippen molar-refractivity contribution in [2.75, 3.05) is 36.0 Å². The van der Waals surface area contributed by atoms with Crippen LogP contribution in [0.2, 0.25) is 0 Å². The molecule has 0 saturated carbocycles. The van der Waals surface area contributed by atoms with Crippen LogP contribution >= 0.6 is 0 Å². The Balaban J connectivity index is 1.33. The lowest BCUT2D eigenvalue weighted by Crippen LogP contribution is -2.54. The van der Waals surface area contributed by atoms with E-state index in [2.05, 4.69) is 43.0 Å². The van der Waals surface area contributed by atoms with Gasteiger partial charge >= 0.3 is 0 Å². The second-order valence-electron chi connectivity index (χ2n) is 8.62. The maximum atomic E-state index is 12.9. The van der Waals surface area contributed by atoms with Crippen LogP contribution in [0, 0.1) is 6.92 Å². The maximum absolute atomic E-state index is 12.9. The highest BCUT2D eigenvalue weighted by Crippen LogP contribution is 2.33. The zero-order chi connectivity index (χ0) is 22.0. The van der Waals surface area contributed by atoms with Gasteiger partial charge in [0.2, 0.25) is 11.8 Å². The molecule has 31 heavy (non-hydrogen) atoms. The number of anilines is 2. The summed E-state index contributed by atoms with van der Waals surface area (Å²) < 4.78 is 5.82. The van der Waals surface area contributed by atoms with Crippen molar-refractivity contribution in [3.63, 3.8) is 0 Å². The van der Waals surface area contributed by atoms with Gasteiger partial charge in [0, 0.05) is 44.2 Å². The largest absolute Gasteiger partial charge is 0.487 e. The molecule has 0 bridgehead atoms. The molecule has 0 aromatic heterocycles. The van der Waals surface area contributed by atoms with Gasteiger partial charge in [-0.25, -0.2) is 0 Å². The van der Waals surface area contributed by atoms with E-state index in [0.29, 0.717) is 19.6 Å². The summed E-state index contributed by atoms with van der Waals surface area (Å²) in [5.74, 6) is 0.753. The minimum Gasteiger partial charge on any atom is -0.487 e. The van der Waals surface area contributed by atoms with Gasteiger partial charge in [-0.2, -0.15) is 0 Å². The van der Waals surface area contributed by atoms with Crippen LogP contribution < -0.4 is 14.5 Å². The van der Waals surface area contributed by atoms with E-state index in [0.717, 1.165) is 18.0 Å². The summed E-state index contributed by atoms with van der Waals surface area (Å²) in [6.45, 7) is 8.88. The molecule has 6 nitrogen and oxygen atoms in total. The Morgan fingerprint density at radius 2 is 1.74 bits per heavy atom. The number of amides is 2. The lowest BCUT2D eigenvalue weighted by Gasteiger charge is -2.41. The van der Waals surface area contributed by atoms with Crippen LogP contribution in [0.25, 0.3) is 0 Å². The van der Waals surface area contributed by atoms with Crippen LogP contribution in [0.5, 0.6) is 5.75 Å². The number of piperazine rings is 1. The molecule has 2 aliphatic rings. The van der Waals surface area contributed by atoms with E-state index in [-0.39, 0.29) is 36.8 Å². The van der Waals surface area contributed by atoms with Crippen molar-refractivity contribution >= 4 is 23.2 Å². The molecule has 2 atom stereocenters. The molecule has 1 saturated heterocycles. The number of benzene rings is 2. The summed E-state index contributed by atoms with van der Waals surface area (Å²) in [7, 11) is 0. The summed E-state index contributed by atoms with van der Waals surface area (Å²) in [4.78, 5) is 31.8. The SMILES string of the molecule is Cc1cccc(N2CCN(C(=O)CCC(=O)N3C[C@H](C)Oc4ccccc43)C[C@H]2C)c1. The van der Waals surface area contributed by atoms with Crippen molar-refractivity contribution in [3.05, 3.63) is 54.1 Å². The predicted octanol–water partition coefficient (Wildman–Crippen LogP) is 3.63. The molecule has 0 spiro atoms. The van der Waals surface area contributed by atoms with Crippen molar-refractivity contribution in [3.8, 4) is 5.75 Å². The van der Waals surface area contributed by atoms with E-state index in [9.17, 15) is 9.59 Å². The summed E-state index contributed by atoms with van der Waals surface area (Å²) >= 11 is 0. The fourth-order valence-electron chi connectivity index (χ4n) is 4.51. The molecular weight excluding hydrogens is 390 g/mol. The zero-order valence-electron chi connectivity index (χ0n) is 18.6. The molecule has 4 rings (SSSR count). The number of fused-ring (bicyclic) bond motifs is 1. The zero-order valence-corrected chi connectivity index (χ0v) is 18.6. The molecule has 1 fully saturated rings. The van der Waals surface area contributed by atoms with E-state index >= 15 is 0 Å². The molecule has 0 N–H and O–H groups in total. The van der Waals surface area contributed by atoms with E-state index < -0.39 is 0 Å². The molecule has 2 aliphatic heterocycles. The van der Waals surface area contributed by atoms with Gasteiger partial charge < -0.3 is 19.4 Å². The molecule has 0 aliphatic carbocycles. The number of aryl methyl sites for hydroxylation is 1. The van der Waals surface area contributed by atoms with E-state index in [1.54, 1.807) is 4.90 Å². The highest BCUT2D eigenvalue weighted by molar-refractivity contribution is 5.97. The van der Waals surface area contributed by atoms with Gasteiger partial charge in [-0.15, -0.1) is 0 Å². The first-order chi connectivity index (χ1) is 14.9. The van der Waals surface area contributed by atoms with Crippen LogP contribution in [-0.2, 0) is 9.59 Å². The van der Waals surface area contributed by atoms with Crippen LogP contribution in [0.15, 0.2) is 48.5 Å². The van der Waals surface area contributed by atoms with Crippen molar-refractivity contribution < 1.29 is 14.3 Å². The van der Waals surface area contributed by atoms with Gasteiger partial charge in [0.1, 0.15) is 11.9 Å². The van der Waals surface area contributed by atoms with Gasteiger partial charge in [0.25, 0.3) is 0 Å². The number of hydrogen-bond acceptors (Lipinski definition) is 4. The van der Waals surface area contributed by atoms with Gasteiger partial charge in [-0.3, -0.25) is 9.59 Å². The third-order valence-electron chi connectivity index (χ3n) is 6.09. The lowest BCUT2D eigenvalue weighted by atomic mass is 10.1. The first-order valence-corrected chi connectivity index (χ1v) is 11.1. The van der Waals surface area contributed by atoms with E-state index in [4.69, 9.17) is 4.74 Å². The standard InChI is InChI=1S/C25H31N3O3/c1-18-7-6-8-21(15-18)27-14-13-26(16-19(27)2)24(29)11-12-25(30)28-17-20(3)31-23-10-5-4-9-22(23)28/h4-10,15,19-20H,11-14,16-17H2,1-3H3/t19-,20+/m1/s1. The Morgan fingerprint density at radius 3 is 2.52 bits per heavy atom. The summed E-state index contributed by atoms with van der Waals surface area (Å²) in [6, 6.07) is 16.3. The number of para-hydroxylation sites is 2. The predicted molar refractivity (Wildman–Crippen MR) is 123 cm³/mol. The first-order valence-electron chi connectivity index (χ1n) is 11.1. The fraction of sp³-hybridized carbons (Fsp3) is 0.440. The molecule has 6 heteroatoms. The number of nitrogens with zero attached hydrogens (tertiary/aromatic N) is 3. The number of hydrogen-bond donors (Lipinski definition) is 0. The molecule has 0 radical (unpaired) electrons. The average Bonchev–Trinajstić information content (AvgIpc) is 2.76. The number of carbonyl (C=O) groups excluding carboxylic acids is 2. The third-order valence-corrected chi connectivity index (χ3v) is 6.09. The van der Waals surface area contributed by atoms with Crippen LogP contribution in [0.3, 0.4) is 0 Å². The molecular formula is C25H31N3O3. The average molecular weight is 422 g/mol. The van der Waals surface area contributed by atoms with Crippen LogP contribution in [0.4, 0.5) is 11.4 Å². The maximum Gasteiger partial charge on any atom is 0.227 e. The highest BCUT2D eigenvalue weighted by Gasteiger charge is 2.30. The van der Waals surface area contributed by atoms with E-state index in [1.165, 1.54) is 11.3 Å². The fourth-order valence-corrected chi connectivity index (χ4v) is 4.51. The van der Waals surface area contributed by atoms with Crippen molar-refractivity contribution in [2.45, 2.75) is 45.8 Å². The molecule has 2 heterocycles. The van der Waals surface area contributed by atoms with Gasteiger partial charge in [-0.05, 0) is 50.6 Å². The molecule has 164 valence electrons. The Kier molecular flexibility index (Phi) is 6.16. The summed E-state index contributed by atoms with van der Waals surface area (Å²) in [5.41, 5.74) is 3.23. The molecule has 2 amide bonds. The quantitative estimate of drug-likeness (QED) is 0.757. The number of rotatable bonds is 4.